The molecule has 5 heteroatoms. The number of hydrogen-bond acceptors (Lipinski definition) is 3. The Bertz CT molecular complexity index is 774. The first-order chi connectivity index (χ1) is 11.7. The van der Waals surface area contributed by atoms with Crippen LogP contribution in [0, 0.1) is 5.82 Å². The van der Waals surface area contributed by atoms with Crippen LogP contribution in [0.15, 0.2) is 65.4 Å². The van der Waals surface area contributed by atoms with Gasteiger partial charge in [0.05, 0.1) is 13.1 Å². The molecule has 0 bridgehead atoms. The first-order valence-electron chi connectivity index (χ1n) is 7.48. The summed E-state index contributed by atoms with van der Waals surface area (Å²) >= 11 is 3.27. The zero-order valence-corrected chi connectivity index (χ0v) is 14.5. The fourth-order valence-electron chi connectivity index (χ4n) is 2.28. The summed E-state index contributed by atoms with van der Waals surface area (Å²) < 4.78 is 13.2. The van der Waals surface area contributed by atoms with Gasteiger partial charge in [0.15, 0.2) is 0 Å². The van der Waals surface area contributed by atoms with E-state index in [9.17, 15) is 9.18 Å². The Kier molecular flexibility index (Phi) is 5.56. The van der Waals surface area contributed by atoms with Crippen LogP contribution in [-0.2, 0) is 17.9 Å². The Hall–Kier alpha value is -2.24. The lowest BCUT2D eigenvalue weighted by molar-refractivity contribution is -0.127. The van der Waals surface area contributed by atoms with E-state index in [0.717, 1.165) is 9.75 Å². The molecular weight excluding hydrogens is 341 g/mol. The molecule has 1 amide bonds. The minimum atomic E-state index is -0.307. The number of carbonyl (C=O) groups is 1. The maximum Gasteiger partial charge on any atom is 0.247 e. The molecule has 0 aliphatic heterocycles. The average Bonchev–Trinajstić information content (AvgIpc) is 3.26. The maximum absolute atomic E-state index is 13.2. The van der Waals surface area contributed by atoms with E-state index < -0.39 is 0 Å². The van der Waals surface area contributed by atoms with Gasteiger partial charge in [0.1, 0.15) is 5.82 Å². The summed E-state index contributed by atoms with van der Waals surface area (Å²) in [6.07, 6.45) is 3.16. The normalized spacial score (nSPS) is 11.0. The summed E-state index contributed by atoms with van der Waals surface area (Å²) in [4.78, 5) is 16.7. The van der Waals surface area contributed by atoms with Crippen molar-refractivity contribution in [2.75, 3.05) is 0 Å². The Morgan fingerprint density at radius 3 is 2.21 bits per heavy atom. The first kappa shape index (κ1) is 16.6. The highest BCUT2D eigenvalue weighted by Gasteiger charge is 2.13. The average molecular weight is 357 g/mol. The van der Waals surface area contributed by atoms with Gasteiger partial charge in [-0.05, 0) is 46.7 Å². The Labute approximate surface area is 148 Å². The second kappa shape index (κ2) is 8.04. The van der Waals surface area contributed by atoms with Crippen LogP contribution in [0.2, 0.25) is 0 Å². The molecule has 3 aromatic rings. The van der Waals surface area contributed by atoms with Crippen LogP contribution in [-0.4, -0.2) is 10.8 Å². The van der Waals surface area contributed by atoms with Gasteiger partial charge in [-0.3, -0.25) is 4.79 Å². The van der Waals surface area contributed by atoms with E-state index in [4.69, 9.17) is 0 Å². The zero-order chi connectivity index (χ0) is 16.8. The van der Waals surface area contributed by atoms with E-state index in [0.29, 0.717) is 18.7 Å². The third-order valence-corrected chi connectivity index (χ3v) is 5.15. The summed E-state index contributed by atoms with van der Waals surface area (Å²) in [7, 11) is 0. The second-order valence-electron chi connectivity index (χ2n) is 5.24. The minimum absolute atomic E-state index is 0.0824. The largest absolute Gasteiger partial charge is 0.329 e. The number of halogens is 1. The molecule has 0 aliphatic rings. The summed E-state index contributed by atoms with van der Waals surface area (Å²) in [5.74, 6) is -0.389. The molecule has 0 fully saturated rings. The topological polar surface area (TPSA) is 20.3 Å². The zero-order valence-electron chi connectivity index (χ0n) is 12.9. The molecule has 0 unspecified atom stereocenters. The van der Waals surface area contributed by atoms with Crippen molar-refractivity contribution in [2.45, 2.75) is 13.1 Å². The third-order valence-electron chi connectivity index (χ3n) is 3.43. The van der Waals surface area contributed by atoms with Gasteiger partial charge < -0.3 is 4.90 Å². The highest BCUT2D eigenvalue weighted by Crippen LogP contribution is 2.18. The molecule has 2 nitrogen and oxygen atoms in total. The standard InChI is InChI=1S/C19H16FNOS2/c20-16-5-1-4-15(12-16)8-9-19(22)21(13-17-6-2-10-23-17)14-18-7-3-11-24-18/h1-12H,13-14H2/b9-8+. The Balaban J connectivity index is 1.74. The van der Waals surface area contributed by atoms with E-state index in [2.05, 4.69) is 0 Å². The molecule has 2 aromatic heterocycles. The smallest absolute Gasteiger partial charge is 0.247 e. The van der Waals surface area contributed by atoms with E-state index in [-0.39, 0.29) is 11.7 Å². The fraction of sp³-hybridized carbons (Fsp3) is 0.105. The van der Waals surface area contributed by atoms with Gasteiger partial charge >= 0.3 is 0 Å². The van der Waals surface area contributed by atoms with Gasteiger partial charge in [-0.1, -0.05) is 24.3 Å². The number of amides is 1. The third kappa shape index (κ3) is 4.63. The lowest BCUT2D eigenvalue weighted by Crippen LogP contribution is -2.27. The Morgan fingerprint density at radius 1 is 1.00 bits per heavy atom. The molecule has 122 valence electrons. The number of benzene rings is 1. The van der Waals surface area contributed by atoms with Crippen LogP contribution < -0.4 is 0 Å². The van der Waals surface area contributed by atoms with Crippen molar-refractivity contribution in [1.29, 1.82) is 0 Å². The van der Waals surface area contributed by atoms with E-state index in [1.807, 2.05) is 35.0 Å². The molecule has 24 heavy (non-hydrogen) atoms. The second-order valence-corrected chi connectivity index (χ2v) is 7.31. The van der Waals surface area contributed by atoms with E-state index in [1.54, 1.807) is 45.8 Å². The van der Waals surface area contributed by atoms with Crippen molar-refractivity contribution in [3.63, 3.8) is 0 Å². The molecule has 0 N–H and O–H groups in total. The van der Waals surface area contributed by atoms with Crippen molar-refractivity contribution in [1.82, 2.24) is 4.90 Å². The number of thiophene rings is 2. The van der Waals surface area contributed by atoms with Crippen molar-refractivity contribution >= 4 is 34.7 Å². The Morgan fingerprint density at radius 2 is 1.67 bits per heavy atom. The van der Waals surface area contributed by atoms with Gasteiger partial charge in [-0.2, -0.15) is 0 Å². The SMILES string of the molecule is O=C(/C=C/c1cccc(F)c1)N(Cc1cccs1)Cc1cccs1. The van der Waals surface area contributed by atoms with E-state index in [1.165, 1.54) is 18.2 Å². The molecule has 0 aliphatic carbocycles. The monoisotopic (exact) mass is 357 g/mol. The predicted octanol–water partition coefficient (Wildman–Crippen LogP) is 5.19. The molecule has 3 rings (SSSR count). The van der Waals surface area contributed by atoms with Crippen LogP contribution in [0.25, 0.3) is 6.08 Å². The van der Waals surface area contributed by atoms with Gasteiger partial charge in [-0.25, -0.2) is 4.39 Å². The summed E-state index contributed by atoms with van der Waals surface area (Å²) in [5.41, 5.74) is 0.676. The van der Waals surface area contributed by atoms with Crippen LogP contribution in [0.4, 0.5) is 4.39 Å². The van der Waals surface area contributed by atoms with Crippen LogP contribution in [0.5, 0.6) is 0 Å². The van der Waals surface area contributed by atoms with Gasteiger partial charge in [0.25, 0.3) is 0 Å². The van der Waals surface area contributed by atoms with Crippen molar-refractivity contribution in [3.05, 3.63) is 86.5 Å². The maximum atomic E-state index is 13.2. The van der Waals surface area contributed by atoms with E-state index >= 15 is 0 Å². The highest BCUT2D eigenvalue weighted by atomic mass is 32.1. The molecule has 1 aromatic carbocycles. The van der Waals surface area contributed by atoms with Crippen LogP contribution >= 0.6 is 22.7 Å². The van der Waals surface area contributed by atoms with Gasteiger partial charge in [0, 0.05) is 15.8 Å². The lowest BCUT2D eigenvalue weighted by Gasteiger charge is -2.20. The fourth-order valence-corrected chi connectivity index (χ4v) is 3.72. The molecule has 0 saturated carbocycles. The van der Waals surface area contributed by atoms with Crippen molar-refractivity contribution < 1.29 is 9.18 Å². The lowest BCUT2D eigenvalue weighted by atomic mass is 10.2. The summed E-state index contributed by atoms with van der Waals surface area (Å²) in [6, 6.07) is 14.2. The predicted molar refractivity (Wildman–Crippen MR) is 98.3 cm³/mol. The molecule has 2 heterocycles. The molecular formula is C19H16FNOS2. The number of hydrogen-bond donors (Lipinski definition) is 0. The quantitative estimate of drug-likeness (QED) is 0.556. The first-order valence-corrected chi connectivity index (χ1v) is 9.24. The number of carbonyl (C=O) groups excluding carboxylic acids is 1. The number of nitrogens with zero attached hydrogens (tertiary/aromatic N) is 1. The van der Waals surface area contributed by atoms with Gasteiger partial charge in [-0.15, -0.1) is 22.7 Å². The van der Waals surface area contributed by atoms with Crippen molar-refractivity contribution in [2.24, 2.45) is 0 Å². The molecule has 0 atom stereocenters. The molecule has 0 saturated heterocycles. The number of rotatable bonds is 6. The van der Waals surface area contributed by atoms with Crippen LogP contribution in [0.3, 0.4) is 0 Å². The summed E-state index contributed by atoms with van der Waals surface area (Å²) in [5, 5.41) is 4.01. The summed E-state index contributed by atoms with van der Waals surface area (Å²) in [6.45, 7) is 1.14. The minimum Gasteiger partial charge on any atom is -0.329 e. The molecule has 0 radical (unpaired) electrons. The van der Waals surface area contributed by atoms with Crippen LogP contribution in [0.1, 0.15) is 15.3 Å². The van der Waals surface area contributed by atoms with Crippen molar-refractivity contribution in [3.8, 4) is 0 Å². The molecule has 0 spiro atoms. The highest BCUT2D eigenvalue weighted by molar-refractivity contribution is 7.10. The van der Waals surface area contributed by atoms with Gasteiger partial charge in [0.2, 0.25) is 5.91 Å².